The number of hydrogen-bond acceptors (Lipinski definition) is 1. The summed E-state index contributed by atoms with van der Waals surface area (Å²) in [6.07, 6.45) is 0. The predicted octanol–water partition coefficient (Wildman–Crippen LogP) is 16.0. The van der Waals surface area contributed by atoms with Gasteiger partial charge in [0, 0.05) is 21.9 Å². The normalized spacial score (nSPS) is 11.5. The van der Waals surface area contributed by atoms with Gasteiger partial charge < -0.3 is 4.42 Å². The van der Waals surface area contributed by atoms with E-state index in [-0.39, 0.29) is 0 Å². The summed E-state index contributed by atoms with van der Waals surface area (Å²) in [4.78, 5) is 7.83. The number of fused-ring (bicyclic) bond motifs is 7. The second-order valence-electron chi connectivity index (χ2n) is 14.4. The van der Waals surface area contributed by atoms with Crippen molar-refractivity contribution in [1.29, 1.82) is 0 Å². The Labute approximate surface area is 328 Å². The average Bonchev–Trinajstić information content (AvgIpc) is 3.66. The van der Waals surface area contributed by atoms with Crippen molar-refractivity contribution in [3.05, 3.63) is 205 Å². The maximum Gasteiger partial charge on any atom is 0.194 e. The van der Waals surface area contributed by atoms with E-state index < -0.39 is 0 Å². The van der Waals surface area contributed by atoms with E-state index in [1.54, 1.807) is 0 Å². The van der Waals surface area contributed by atoms with Crippen LogP contribution in [0.4, 0.5) is 11.4 Å². The van der Waals surface area contributed by atoms with Crippen LogP contribution in [0.2, 0.25) is 0 Å². The number of benzene rings is 10. The molecule has 0 N–H and O–H groups in total. The van der Waals surface area contributed by atoms with Crippen LogP contribution in [0.15, 0.2) is 186 Å². The Morgan fingerprint density at radius 1 is 0.316 bits per heavy atom. The van der Waals surface area contributed by atoms with Gasteiger partial charge >= 0.3 is 0 Å². The van der Waals surface area contributed by atoms with Crippen molar-refractivity contribution in [3.8, 4) is 44.5 Å². The molecule has 0 bridgehead atoms. The molecule has 11 aromatic rings. The van der Waals surface area contributed by atoms with Crippen molar-refractivity contribution < 1.29 is 4.42 Å². The minimum absolute atomic E-state index is 0.638. The fraction of sp³-hybridized carbons (Fsp3) is 0. The molecule has 1 aromatic heterocycles. The van der Waals surface area contributed by atoms with Gasteiger partial charge in [-0.3, -0.25) is 0 Å². The minimum atomic E-state index is 0.638. The first kappa shape index (κ1) is 32.5. The van der Waals surface area contributed by atoms with Gasteiger partial charge in [-0.25, -0.2) is 9.69 Å². The quantitative estimate of drug-likeness (QED) is 0.131. The summed E-state index contributed by atoms with van der Waals surface area (Å²) in [5.74, 6) is 0. The zero-order chi connectivity index (χ0) is 38.0. The van der Waals surface area contributed by atoms with E-state index >= 15 is 0 Å². The average molecular weight is 723 g/mol. The molecule has 0 unspecified atom stereocenters. The number of furan rings is 1. The van der Waals surface area contributed by atoms with E-state index in [2.05, 4.69) is 155 Å². The van der Waals surface area contributed by atoms with Crippen molar-refractivity contribution in [2.24, 2.45) is 0 Å². The van der Waals surface area contributed by atoms with Crippen LogP contribution in [0.5, 0.6) is 0 Å². The van der Waals surface area contributed by atoms with E-state index in [0.717, 1.165) is 110 Å². The summed E-state index contributed by atoms with van der Waals surface area (Å²) in [6.45, 7) is 16.0. The highest BCUT2D eigenvalue weighted by Crippen LogP contribution is 2.50. The zero-order valence-electron chi connectivity index (χ0n) is 30.6. The smallest absolute Gasteiger partial charge is 0.194 e. The molecule has 11 rings (SSSR count). The third-order valence-electron chi connectivity index (χ3n) is 11.5. The fourth-order valence-electron chi connectivity index (χ4n) is 9.15. The van der Waals surface area contributed by atoms with Gasteiger partial charge in [-0.15, -0.1) is 0 Å². The van der Waals surface area contributed by atoms with Crippen LogP contribution in [0.25, 0.3) is 119 Å². The van der Waals surface area contributed by atoms with Crippen LogP contribution in [0.1, 0.15) is 0 Å². The Balaban J connectivity index is 1.18. The standard InChI is InChI=1S/C54H30N2O/c1-55-47-28-13-11-24-43(47)51-36-18-5-3-16-34(36)50(35-17-4-6-19-37(35)51)33-30-31-49-46(32-33)42-26-15-27-45(54(42)57-49)53-40-22-9-7-20-38(40)52(39-21-8-10-23-41(39)53)44-25-12-14-29-48(44)56-2/h3-32H. The lowest BCUT2D eigenvalue weighted by atomic mass is 9.85. The molecule has 57 heavy (non-hydrogen) atoms. The van der Waals surface area contributed by atoms with E-state index in [1.165, 1.54) is 0 Å². The third kappa shape index (κ3) is 4.84. The molecule has 0 amide bonds. The van der Waals surface area contributed by atoms with Gasteiger partial charge in [-0.1, -0.05) is 170 Å². The first-order valence-corrected chi connectivity index (χ1v) is 19.0. The summed E-state index contributed by atoms with van der Waals surface area (Å²) in [5.41, 5.74) is 11.4. The molecule has 0 spiro atoms. The second-order valence-corrected chi connectivity index (χ2v) is 14.4. The van der Waals surface area contributed by atoms with Gasteiger partial charge in [-0.2, -0.15) is 0 Å². The van der Waals surface area contributed by atoms with E-state index in [4.69, 9.17) is 17.6 Å². The second kappa shape index (κ2) is 12.8. The van der Waals surface area contributed by atoms with Crippen LogP contribution >= 0.6 is 0 Å². The minimum Gasteiger partial charge on any atom is -0.455 e. The lowest BCUT2D eigenvalue weighted by Crippen LogP contribution is -1.91. The lowest BCUT2D eigenvalue weighted by Gasteiger charge is -2.18. The highest BCUT2D eigenvalue weighted by Gasteiger charge is 2.23. The molecule has 0 aliphatic carbocycles. The highest BCUT2D eigenvalue weighted by molar-refractivity contribution is 6.26. The first-order chi connectivity index (χ1) is 28.2. The summed E-state index contributed by atoms with van der Waals surface area (Å²) < 4.78 is 6.89. The van der Waals surface area contributed by atoms with Gasteiger partial charge in [0.2, 0.25) is 0 Å². The molecule has 0 aliphatic rings. The topological polar surface area (TPSA) is 21.9 Å². The van der Waals surface area contributed by atoms with Crippen LogP contribution in [0, 0.1) is 13.1 Å². The Morgan fingerprint density at radius 2 is 0.684 bits per heavy atom. The number of para-hydroxylation sites is 3. The van der Waals surface area contributed by atoms with Crippen molar-refractivity contribution in [1.82, 2.24) is 0 Å². The molecule has 10 aromatic carbocycles. The highest BCUT2D eigenvalue weighted by atomic mass is 16.3. The number of hydrogen-bond donors (Lipinski definition) is 0. The zero-order valence-corrected chi connectivity index (χ0v) is 30.6. The van der Waals surface area contributed by atoms with Gasteiger partial charge in [-0.05, 0) is 88.6 Å². The molecule has 1 heterocycles. The molecule has 3 heteroatoms. The molecule has 262 valence electrons. The largest absolute Gasteiger partial charge is 0.455 e. The molecule has 0 fully saturated rings. The summed E-state index contributed by atoms with van der Waals surface area (Å²) in [6, 6.07) is 63.1. The van der Waals surface area contributed by atoms with Gasteiger partial charge in [0.25, 0.3) is 0 Å². The maximum atomic E-state index is 7.98. The Hall–Kier alpha value is -7.98. The maximum absolute atomic E-state index is 7.98. The molecule has 0 aliphatic heterocycles. The van der Waals surface area contributed by atoms with Crippen LogP contribution in [-0.2, 0) is 0 Å². The summed E-state index contributed by atoms with van der Waals surface area (Å²) in [7, 11) is 0. The Morgan fingerprint density at radius 3 is 1.14 bits per heavy atom. The van der Waals surface area contributed by atoms with Gasteiger partial charge in [0.05, 0.1) is 13.1 Å². The monoisotopic (exact) mass is 722 g/mol. The Kier molecular flexibility index (Phi) is 7.30. The van der Waals surface area contributed by atoms with Crippen molar-refractivity contribution in [3.63, 3.8) is 0 Å². The summed E-state index contributed by atoms with van der Waals surface area (Å²) >= 11 is 0. The lowest BCUT2D eigenvalue weighted by molar-refractivity contribution is 0.670. The molecule has 0 saturated carbocycles. The molecule has 0 radical (unpaired) electrons. The predicted molar refractivity (Wildman–Crippen MR) is 238 cm³/mol. The van der Waals surface area contributed by atoms with Crippen LogP contribution in [-0.4, -0.2) is 0 Å². The summed E-state index contributed by atoms with van der Waals surface area (Å²) in [5, 5.41) is 11.0. The fourth-order valence-corrected chi connectivity index (χ4v) is 9.15. The molecule has 3 nitrogen and oxygen atoms in total. The molecule has 0 atom stereocenters. The Bertz CT molecular complexity index is 3440. The van der Waals surface area contributed by atoms with E-state index in [1.807, 2.05) is 36.4 Å². The van der Waals surface area contributed by atoms with Crippen LogP contribution < -0.4 is 0 Å². The molecular formula is C54H30N2O. The van der Waals surface area contributed by atoms with E-state index in [0.29, 0.717) is 11.4 Å². The number of nitrogens with zero attached hydrogens (tertiary/aromatic N) is 2. The molecule has 0 saturated heterocycles. The van der Waals surface area contributed by atoms with Crippen LogP contribution in [0.3, 0.4) is 0 Å². The van der Waals surface area contributed by atoms with Gasteiger partial charge in [0.1, 0.15) is 11.2 Å². The van der Waals surface area contributed by atoms with E-state index in [9.17, 15) is 0 Å². The van der Waals surface area contributed by atoms with Gasteiger partial charge in [0.15, 0.2) is 11.4 Å². The SMILES string of the molecule is [C-]#[N+]c1ccccc1-c1c2ccccc2c(-c2ccc3oc4c(-c5c6ccccc6c(-c6ccccc6[N+]#[C-])c6ccccc56)cccc4c3c2)c2ccccc12. The third-order valence-corrected chi connectivity index (χ3v) is 11.5. The number of rotatable bonds is 4. The molecular weight excluding hydrogens is 693 g/mol. The van der Waals surface area contributed by atoms with Crippen molar-refractivity contribution >= 4 is 76.4 Å². The van der Waals surface area contributed by atoms with Crippen molar-refractivity contribution in [2.75, 3.05) is 0 Å². The first-order valence-electron chi connectivity index (χ1n) is 19.0. The van der Waals surface area contributed by atoms with Crippen molar-refractivity contribution in [2.45, 2.75) is 0 Å².